The van der Waals surface area contributed by atoms with Gasteiger partial charge in [-0.05, 0) is 30.5 Å². The SMILES string of the molecule is CCc1ccc(C=NNC(=O)c2ccc(C)c([N+](=O)[O-])c2)cc1. The summed E-state index contributed by atoms with van der Waals surface area (Å²) in [5.74, 6) is -0.491. The molecule has 0 aromatic heterocycles. The molecule has 0 saturated heterocycles. The Hall–Kier alpha value is -3.02. The number of hydrogen-bond donors (Lipinski definition) is 1. The second kappa shape index (κ2) is 7.31. The van der Waals surface area contributed by atoms with Crippen LogP contribution in [0.2, 0.25) is 0 Å². The fraction of sp³-hybridized carbons (Fsp3) is 0.176. The third-order valence-electron chi connectivity index (χ3n) is 3.44. The van der Waals surface area contributed by atoms with Gasteiger partial charge in [-0.15, -0.1) is 0 Å². The Morgan fingerprint density at radius 2 is 1.96 bits per heavy atom. The highest BCUT2D eigenvalue weighted by molar-refractivity contribution is 5.95. The first-order chi connectivity index (χ1) is 11.0. The molecule has 2 rings (SSSR count). The fourth-order valence-corrected chi connectivity index (χ4v) is 2.02. The van der Waals surface area contributed by atoms with Crippen LogP contribution in [0.4, 0.5) is 5.69 Å². The van der Waals surface area contributed by atoms with Crippen LogP contribution in [0, 0.1) is 17.0 Å². The van der Waals surface area contributed by atoms with Gasteiger partial charge >= 0.3 is 0 Å². The van der Waals surface area contributed by atoms with Crippen molar-refractivity contribution in [3.05, 3.63) is 74.8 Å². The summed E-state index contributed by atoms with van der Waals surface area (Å²) in [5, 5.41) is 14.8. The van der Waals surface area contributed by atoms with Crippen LogP contribution >= 0.6 is 0 Å². The smallest absolute Gasteiger partial charge is 0.267 e. The van der Waals surface area contributed by atoms with E-state index in [0.717, 1.165) is 12.0 Å². The van der Waals surface area contributed by atoms with E-state index in [-0.39, 0.29) is 11.3 Å². The van der Waals surface area contributed by atoms with Crippen molar-refractivity contribution in [2.24, 2.45) is 5.10 Å². The van der Waals surface area contributed by atoms with Gasteiger partial charge in [0.1, 0.15) is 0 Å². The highest BCUT2D eigenvalue weighted by Crippen LogP contribution is 2.19. The first-order valence-corrected chi connectivity index (χ1v) is 7.18. The van der Waals surface area contributed by atoms with Crippen LogP contribution in [-0.2, 0) is 6.42 Å². The van der Waals surface area contributed by atoms with Crippen LogP contribution in [0.1, 0.15) is 34.0 Å². The molecule has 6 nitrogen and oxygen atoms in total. The van der Waals surface area contributed by atoms with Crippen molar-refractivity contribution in [2.75, 3.05) is 0 Å². The number of rotatable bonds is 5. The molecule has 2 aromatic carbocycles. The first kappa shape index (κ1) is 16.4. The number of benzene rings is 2. The maximum Gasteiger partial charge on any atom is 0.273 e. The molecule has 0 aliphatic heterocycles. The Morgan fingerprint density at radius 1 is 1.26 bits per heavy atom. The van der Waals surface area contributed by atoms with Gasteiger partial charge in [0.2, 0.25) is 0 Å². The number of carbonyl (C=O) groups is 1. The Morgan fingerprint density at radius 3 is 2.57 bits per heavy atom. The lowest BCUT2D eigenvalue weighted by atomic mass is 10.1. The van der Waals surface area contributed by atoms with Crippen LogP contribution in [0.15, 0.2) is 47.6 Å². The summed E-state index contributed by atoms with van der Waals surface area (Å²) in [5.41, 5.74) is 5.06. The van der Waals surface area contributed by atoms with Crippen molar-refractivity contribution in [1.29, 1.82) is 0 Å². The monoisotopic (exact) mass is 311 g/mol. The van der Waals surface area contributed by atoms with Gasteiger partial charge in [-0.2, -0.15) is 5.10 Å². The third kappa shape index (κ3) is 4.23. The van der Waals surface area contributed by atoms with Gasteiger partial charge in [-0.3, -0.25) is 14.9 Å². The van der Waals surface area contributed by atoms with Crippen LogP contribution in [0.5, 0.6) is 0 Å². The number of carbonyl (C=O) groups excluding carboxylic acids is 1. The molecule has 1 amide bonds. The number of nitrogens with zero attached hydrogens (tertiary/aromatic N) is 2. The van der Waals surface area contributed by atoms with E-state index in [1.54, 1.807) is 13.0 Å². The fourth-order valence-electron chi connectivity index (χ4n) is 2.02. The Labute approximate surface area is 134 Å². The molecule has 0 bridgehead atoms. The van der Waals surface area contributed by atoms with E-state index in [1.165, 1.54) is 23.9 Å². The molecule has 6 heteroatoms. The minimum atomic E-state index is -0.509. The molecule has 0 radical (unpaired) electrons. The van der Waals surface area contributed by atoms with E-state index in [2.05, 4.69) is 17.5 Å². The Balaban J connectivity index is 2.05. The van der Waals surface area contributed by atoms with Gasteiger partial charge < -0.3 is 0 Å². The Kier molecular flexibility index (Phi) is 5.19. The molecule has 2 aromatic rings. The number of hydrazone groups is 1. The summed E-state index contributed by atoms with van der Waals surface area (Å²) < 4.78 is 0. The molecular formula is C17H17N3O3. The maximum absolute atomic E-state index is 12.0. The molecule has 0 fully saturated rings. The molecule has 1 N–H and O–H groups in total. The first-order valence-electron chi connectivity index (χ1n) is 7.18. The van der Waals surface area contributed by atoms with Crippen LogP contribution in [0.25, 0.3) is 0 Å². The second-order valence-electron chi connectivity index (χ2n) is 5.05. The minimum Gasteiger partial charge on any atom is -0.267 e. The van der Waals surface area contributed by atoms with Crippen molar-refractivity contribution < 1.29 is 9.72 Å². The number of hydrogen-bond acceptors (Lipinski definition) is 4. The summed E-state index contributed by atoms with van der Waals surface area (Å²) >= 11 is 0. The normalized spacial score (nSPS) is 10.7. The molecule has 118 valence electrons. The zero-order valence-corrected chi connectivity index (χ0v) is 12.9. The zero-order valence-electron chi connectivity index (χ0n) is 12.9. The highest BCUT2D eigenvalue weighted by Gasteiger charge is 2.14. The van der Waals surface area contributed by atoms with Gasteiger partial charge in [0, 0.05) is 17.2 Å². The lowest BCUT2D eigenvalue weighted by Crippen LogP contribution is -2.17. The average molecular weight is 311 g/mol. The Bertz CT molecular complexity index is 752. The molecule has 0 unspecified atom stereocenters. The van der Waals surface area contributed by atoms with Gasteiger partial charge in [0.05, 0.1) is 11.1 Å². The summed E-state index contributed by atoms with van der Waals surface area (Å²) in [6, 6.07) is 12.1. The number of nitro benzene ring substituents is 1. The highest BCUT2D eigenvalue weighted by atomic mass is 16.6. The lowest BCUT2D eigenvalue weighted by Gasteiger charge is -2.02. The minimum absolute atomic E-state index is 0.0863. The number of aryl methyl sites for hydroxylation is 2. The van der Waals surface area contributed by atoms with Crippen LogP contribution < -0.4 is 5.43 Å². The van der Waals surface area contributed by atoms with Crippen LogP contribution in [-0.4, -0.2) is 17.0 Å². The molecular weight excluding hydrogens is 294 g/mol. The molecule has 0 heterocycles. The molecule has 23 heavy (non-hydrogen) atoms. The molecule has 0 aliphatic carbocycles. The molecule has 0 spiro atoms. The van der Waals surface area contributed by atoms with Crippen molar-refractivity contribution in [2.45, 2.75) is 20.3 Å². The van der Waals surface area contributed by atoms with E-state index in [4.69, 9.17) is 0 Å². The largest absolute Gasteiger partial charge is 0.273 e. The lowest BCUT2D eigenvalue weighted by molar-refractivity contribution is -0.385. The van der Waals surface area contributed by atoms with E-state index in [9.17, 15) is 14.9 Å². The number of amides is 1. The predicted molar refractivity (Wildman–Crippen MR) is 88.7 cm³/mol. The van der Waals surface area contributed by atoms with E-state index in [1.807, 2.05) is 24.3 Å². The topological polar surface area (TPSA) is 84.6 Å². The van der Waals surface area contributed by atoms with E-state index < -0.39 is 10.8 Å². The summed E-state index contributed by atoms with van der Waals surface area (Å²) in [6.07, 6.45) is 2.49. The molecule has 0 atom stereocenters. The van der Waals surface area contributed by atoms with Crippen molar-refractivity contribution in [1.82, 2.24) is 5.43 Å². The standard InChI is InChI=1S/C17H17N3O3/c1-3-13-5-7-14(8-6-13)11-18-19-17(21)15-9-4-12(2)16(10-15)20(22)23/h4-11H,3H2,1-2H3,(H,19,21). The van der Waals surface area contributed by atoms with Gasteiger partial charge in [-0.25, -0.2) is 5.43 Å². The zero-order chi connectivity index (χ0) is 16.8. The number of nitrogens with one attached hydrogen (secondary N) is 1. The number of nitro groups is 1. The quantitative estimate of drug-likeness (QED) is 0.522. The summed E-state index contributed by atoms with van der Waals surface area (Å²) in [4.78, 5) is 22.4. The molecule has 0 saturated carbocycles. The van der Waals surface area contributed by atoms with E-state index in [0.29, 0.717) is 5.56 Å². The van der Waals surface area contributed by atoms with E-state index >= 15 is 0 Å². The van der Waals surface area contributed by atoms with Crippen molar-refractivity contribution in [3.63, 3.8) is 0 Å². The average Bonchev–Trinajstić information content (AvgIpc) is 2.55. The summed E-state index contributed by atoms with van der Waals surface area (Å²) in [7, 11) is 0. The van der Waals surface area contributed by atoms with Gasteiger partial charge in [0.25, 0.3) is 11.6 Å². The van der Waals surface area contributed by atoms with Crippen molar-refractivity contribution >= 4 is 17.8 Å². The van der Waals surface area contributed by atoms with Gasteiger partial charge in [0.15, 0.2) is 0 Å². The van der Waals surface area contributed by atoms with Crippen molar-refractivity contribution in [3.8, 4) is 0 Å². The second-order valence-corrected chi connectivity index (χ2v) is 5.05. The third-order valence-corrected chi connectivity index (χ3v) is 3.44. The maximum atomic E-state index is 12.0. The predicted octanol–water partition coefficient (Wildman–Crippen LogP) is 3.23. The van der Waals surface area contributed by atoms with Gasteiger partial charge in [-0.1, -0.05) is 37.3 Å². The molecule has 0 aliphatic rings. The summed E-state index contributed by atoms with van der Waals surface area (Å²) in [6.45, 7) is 3.70. The van der Waals surface area contributed by atoms with Crippen LogP contribution in [0.3, 0.4) is 0 Å².